The summed E-state index contributed by atoms with van der Waals surface area (Å²) >= 11 is 0. The molecular weight excluding hydrogens is 683 g/mol. The standard InChI is InChI=1S/C43H54F3NO6/c1-7-22-47(36(50)42-21-20-40(6,37(51)53-42)38(42,3)4)26-41(52)19-17-34-32-16-14-28(23-31(48)15-13-27(2)10-9-18-39(34,41)5)24-33(32)35(49)29-11-8-12-30(25-29)43(44,45)46/h8,10-12,14,16,24-25,31,34,48,52H,7,9,13,15,17-23,26H2,1-6H3. The van der Waals surface area contributed by atoms with Gasteiger partial charge in [-0.05, 0) is 113 Å². The summed E-state index contributed by atoms with van der Waals surface area (Å²) in [6.07, 6.45) is 1.72. The van der Waals surface area contributed by atoms with Gasteiger partial charge >= 0.3 is 12.1 Å². The Bertz CT molecular complexity index is 1820. The summed E-state index contributed by atoms with van der Waals surface area (Å²) in [6.45, 7) is 12.1. The highest BCUT2D eigenvalue weighted by molar-refractivity contribution is 6.10. The second-order valence-electron chi connectivity index (χ2n) is 17.3. The number of hydrogen-bond donors (Lipinski definition) is 2. The van der Waals surface area contributed by atoms with E-state index in [1.54, 1.807) is 11.0 Å². The van der Waals surface area contributed by atoms with Crippen LogP contribution in [0, 0.1) is 16.2 Å². The number of benzene rings is 2. The molecule has 2 N–H and O–H groups in total. The Hall–Kier alpha value is -3.50. The number of carbonyl (C=O) groups is 3. The molecule has 0 spiro atoms. The molecule has 10 heteroatoms. The van der Waals surface area contributed by atoms with Crippen molar-refractivity contribution >= 4 is 17.7 Å². The van der Waals surface area contributed by atoms with Crippen LogP contribution in [0.15, 0.2) is 54.1 Å². The Morgan fingerprint density at radius 2 is 1.74 bits per heavy atom. The molecule has 7 nitrogen and oxygen atoms in total. The molecule has 5 aliphatic rings. The van der Waals surface area contributed by atoms with Crippen LogP contribution in [0.1, 0.15) is 138 Å². The van der Waals surface area contributed by atoms with Gasteiger partial charge in [0.1, 0.15) is 0 Å². The van der Waals surface area contributed by atoms with Crippen LogP contribution in [0.25, 0.3) is 0 Å². The normalized spacial score (nSPS) is 32.5. The zero-order valence-corrected chi connectivity index (χ0v) is 31.9. The maximum Gasteiger partial charge on any atom is 0.416 e. The number of hydrogen-bond acceptors (Lipinski definition) is 6. The predicted octanol–water partition coefficient (Wildman–Crippen LogP) is 8.34. The first-order valence-corrected chi connectivity index (χ1v) is 19.2. The number of ether oxygens (including phenoxy) is 1. The lowest BCUT2D eigenvalue weighted by Gasteiger charge is -2.47. The van der Waals surface area contributed by atoms with Crippen LogP contribution in [0.4, 0.5) is 13.2 Å². The van der Waals surface area contributed by atoms with Gasteiger partial charge < -0.3 is 19.8 Å². The lowest BCUT2D eigenvalue weighted by molar-refractivity contribution is -0.177. The monoisotopic (exact) mass is 737 g/mol. The first-order chi connectivity index (χ1) is 24.7. The van der Waals surface area contributed by atoms with E-state index in [9.17, 15) is 37.8 Å². The van der Waals surface area contributed by atoms with Crippen LogP contribution < -0.4 is 0 Å². The molecule has 4 bridgehead atoms. The average molecular weight is 738 g/mol. The van der Waals surface area contributed by atoms with Crippen LogP contribution in [0.2, 0.25) is 0 Å². The molecule has 2 aromatic rings. The Labute approximate surface area is 311 Å². The average Bonchev–Trinajstić information content (AvgIpc) is 3.53. The predicted molar refractivity (Wildman–Crippen MR) is 195 cm³/mol. The highest BCUT2D eigenvalue weighted by atomic mass is 19.4. The third kappa shape index (κ3) is 6.35. The van der Waals surface area contributed by atoms with Gasteiger partial charge in [-0.15, -0.1) is 0 Å². The van der Waals surface area contributed by atoms with Gasteiger partial charge in [0.2, 0.25) is 0 Å². The lowest BCUT2D eigenvalue weighted by Crippen LogP contribution is -2.60. The van der Waals surface area contributed by atoms with E-state index < -0.39 is 51.1 Å². The SMILES string of the molecule is CCCN(CC1(O)CCC2c3ccc(cc3C(=O)c3cccc(C(F)(F)F)c3)CC(O)CCC(C)=CCCC21C)C(=O)C12CCC(C)(C(=O)O1)C2(C)C. The van der Waals surface area contributed by atoms with Crippen LogP contribution >= 0.6 is 0 Å². The third-order valence-corrected chi connectivity index (χ3v) is 14.0. The topological polar surface area (TPSA) is 104 Å². The number of amides is 1. The van der Waals surface area contributed by atoms with E-state index in [-0.39, 0.29) is 41.9 Å². The zero-order valence-electron chi connectivity index (χ0n) is 31.9. The number of halogens is 3. The number of rotatable bonds is 7. The number of allylic oxidation sites excluding steroid dienone is 2. The molecule has 7 rings (SSSR count). The summed E-state index contributed by atoms with van der Waals surface area (Å²) in [5.41, 5.74) is -3.49. The quantitative estimate of drug-likeness (QED) is 0.168. The number of ketones is 1. The van der Waals surface area contributed by atoms with Gasteiger partial charge in [-0.1, -0.05) is 63.6 Å². The van der Waals surface area contributed by atoms with E-state index in [1.807, 2.05) is 53.7 Å². The van der Waals surface area contributed by atoms with Gasteiger partial charge in [0.15, 0.2) is 11.4 Å². The maximum atomic E-state index is 14.7. The van der Waals surface area contributed by atoms with Gasteiger partial charge in [0.25, 0.3) is 5.91 Å². The van der Waals surface area contributed by atoms with Crippen molar-refractivity contribution in [1.29, 1.82) is 0 Å². The summed E-state index contributed by atoms with van der Waals surface area (Å²) < 4.78 is 47.3. The highest BCUT2D eigenvalue weighted by Gasteiger charge is 2.76. The van der Waals surface area contributed by atoms with E-state index in [1.165, 1.54) is 12.1 Å². The van der Waals surface area contributed by atoms with E-state index >= 15 is 0 Å². The Kier molecular flexibility index (Phi) is 10.1. The molecular formula is C43H54F3NO6. The molecule has 2 aromatic carbocycles. The first-order valence-electron chi connectivity index (χ1n) is 19.2. The van der Waals surface area contributed by atoms with Crippen molar-refractivity contribution in [2.45, 2.75) is 135 Å². The fraction of sp³-hybridized carbons (Fsp3) is 0.605. The Balaban J connectivity index is 1.44. The number of alkyl halides is 3. The summed E-state index contributed by atoms with van der Waals surface area (Å²) in [5, 5.41) is 23.9. The fourth-order valence-corrected chi connectivity index (χ4v) is 10.0. The second-order valence-corrected chi connectivity index (χ2v) is 17.3. The fourth-order valence-electron chi connectivity index (χ4n) is 10.0. The number of fused-ring (bicyclic) bond motifs is 10. The minimum absolute atomic E-state index is 0.00263. The van der Waals surface area contributed by atoms with Gasteiger partial charge in [-0.3, -0.25) is 14.4 Å². The molecule has 288 valence electrons. The van der Waals surface area contributed by atoms with Crippen LogP contribution in [0.3, 0.4) is 0 Å². The molecule has 6 atom stereocenters. The van der Waals surface area contributed by atoms with Gasteiger partial charge in [-0.2, -0.15) is 13.2 Å². The largest absolute Gasteiger partial charge is 0.448 e. The summed E-state index contributed by atoms with van der Waals surface area (Å²) in [5.74, 6) is -1.61. The van der Waals surface area contributed by atoms with Gasteiger partial charge in [0.05, 0.1) is 29.2 Å². The number of carbonyl (C=O) groups excluding carboxylic acids is 3. The molecule has 1 saturated heterocycles. The lowest BCUT2D eigenvalue weighted by atomic mass is 9.64. The number of aliphatic hydroxyl groups excluding tert-OH is 1. The number of nitrogens with zero attached hydrogens (tertiary/aromatic N) is 1. The van der Waals surface area contributed by atoms with Gasteiger partial charge in [-0.25, -0.2) is 0 Å². The van der Waals surface area contributed by atoms with Crippen molar-refractivity contribution in [2.75, 3.05) is 13.1 Å². The molecule has 2 saturated carbocycles. The van der Waals surface area contributed by atoms with Crippen molar-refractivity contribution in [1.82, 2.24) is 4.90 Å². The molecule has 53 heavy (non-hydrogen) atoms. The summed E-state index contributed by atoms with van der Waals surface area (Å²) in [7, 11) is 0. The first kappa shape index (κ1) is 39.2. The second kappa shape index (κ2) is 13.7. The van der Waals surface area contributed by atoms with Crippen molar-refractivity contribution < 1.29 is 42.5 Å². The highest BCUT2D eigenvalue weighted by Crippen LogP contribution is 2.66. The van der Waals surface area contributed by atoms with Crippen molar-refractivity contribution in [3.63, 3.8) is 0 Å². The van der Waals surface area contributed by atoms with Crippen LogP contribution in [-0.2, 0) is 26.9 Å². The van der Waals surface area contributed by atoms with Crippen LogP contribution in [0.5, 0.6) is 0 Å². The number of aliphatic hydroxyl groups is 2. The van der Waals surface area contributed by atoms with E-state index in [0.717, 1.165) is 17.7 Å². The minimum atomic E-state index is -4.63. The zero-order chi connectivity index (χ0) is 38.8. The van der Waals surface area contributed by atoms with E-state index in [2.05, 4.69) is 6.08 Å². The minimum Gasteiger partial charge on any atom is -0.448 e. The van der Waals surface area contributed by atoms with Crippen molar-refractivity contribution in [3.8, 4) is 0 Å². The van der Waals surface area contributed by atoms with Crippen LogP contribution in [-0.4, -0.2) is 63.2 Å². The molecule has 1 aliphatic heterocycles. The Morgan fingerprint density at radius 3 is 2.38 bits per heavy atom. The Morgan fingerprint density at radius 1 is 1.00 bits per heavy atom. The molecule has 1 amide bonds. The van der Waals surface area contributed by atoms with E-state index in [0.29, 0.717) is 75.5 Å². The van der Waals surface area contributed by atoms with E-state index in [4.69, 9.17) is 4.74 Å². The molecule has 4 aliphatic carbocycles. The molecule has 1 heterocycles. The summed E-state index contributed by atoms with van der Waals surface area (Å²) in [6, 6.07) is 9.85. The smallest absolute Gasteiger partial charge is 0.416 e. The third-order valence-electron chi connectivity index (χ3n) is 14.0. The van der Waals surface area contributed by atoms with Crippen molar-refractivity contribution in [2.24, 2.45) is 16.2 Å². The summed E-state index contributed by atoms with van der Waals surface area (Å²) in [4.78, 5) is 43.9. The number of esters is 1. The van der Waals surface area contributed by atoms with Crippen molar-refractivity contribution in [3.05, 3.63) is 81.9 Å². The molecule has 6 unspecified atom stereocenters. The molecule has 0 aromatic heterocycles. The molecule has 0 radical (unpaired) electrons. The maximum absolute atomic E-state index is 14.7. The molecule has 3 fully saturated rings. The van der Waals surface area contributed by atoms with Gasteiger partial charge in [0, 0.05) is 28.5 Å².